The molecule has 0 aromatic rings. The van der Waals surface area contributed by atoms with Crippen LogP contribution < -0.4 is 0 Å². The van der Waals surface area contributed by atoms with Crippen LogP contribution in [0.4, 0.5) is 0 Å². The molecule has 0 amide bonds. The second-order valence-corrected chi connectivity index (χ2v) is 3.10. The molecule has 0 rings (SSSR count). The molecule has 0 unspecified atom stereocenters. The van der Waals surface area contributed by atoms with Gasteiger partial charge in [-0.25, -0.2) is 0 Å². The van der Waals surface area contributed by atoms with Gasteiger partial charge in [0.1, 0.15) is 12.6 Å². The summed E-state index contributed by atoms with van der Waals surface area (Å²) in [5, 5.41) is -0.631. The van der Waals surface area contributed by atoms with E-state index in [2.05, 4.69) is 0 Å². The van der Waals surface area contributed by atoms with Crippen molar-refractivity contribution >= 4 is 29.4 Å². The molecule has 4 heteroatoms. The summed E-state index contributed by atoms with van der Waals surface area (Å²) in [7, 11) is 0. The van der Waals surface area contributed by atoms with Crippen molar-refractivity contribution in [1.82, 2.24) is 0 Å². The van der Waals surface area contributed by atoms with Gasteiger partial charge in [-0.2, -0.15) is 0 Å². The maximum Gasteiger partial charge on any atom is 0.186 e. The molecule has 56 valence electrons. The number of carbonyl (C=O) groups is 3. The van der Waals surface area contributed by atoms with Crippen molar-refractivity contribution < 1.29 is 14.4 Å². The van der Waals surface area contributed by atoms with Gasteiger partial charge in [0.15, 0.2) is 5.12 Å². The van der Waals surface area contributed by atoms with Crippen molar-refractivity contribution in [2.75, 3.05) is 0 Å². The van der Waals surface area contributed by atoms with E-state index in [1.54, 1.807) is 0 Å². The number of carbonyl (C=O) groups excluding carboxylic acids is 3. The third-order valence-electron chi connectivity index (χ3n) is 0.798. The Kier molecular flexibility index (Phi) is 4.84. The maximum absolute atomic E-state index is 10.4. The van der Waals surface area contributed by atoms with Gasteiger partial charge in [-0.05, 0) is 0 Å². The molecule has 0 aliphatic carbocycles. The van der Waals surface area contributed by atoms with Crippen molar-refractivity contribution in [3.05, 3.63) is 0 Å². The van der Waals surface area contributed by atoms with E-state index in [0.717, 1.165) is 11.8 Å². The highest BCUT2D eigenvalue weighted by molar-refractivity contribution is 8.14. The monoisotopic (exact) mass is 160 g/mol. The summed E-state index contributed by atoms with van der Waals surface area (Å²) in [6.45, 7) is 1.37. The molecule has 0 aliphatic rings. The fourth-order valence-electron chi connectivity index (χ4n) is 0.439. The summed E-state index contributed by atoms with van der Waals surface area (Å²) in [4.78, 5) is 30.3. The van der Waals surface area contributed by atoms with Crippen molar-refractivity contribution in [2.45, 2.75) is 18.6 Å². The van der Waals surface area contributed by atoms with Crippen LogP contribution in [0.3, 0.4) is 0 Å². The smallest absolute Gasteiger partial charge is 0.186 e. The Labute approximate surface area is 63.2 Å². The van der Waals surface area contributed by atoms with E-state index in [4.69, 9.17) is 0 Å². The highest BCUT2D eigenvalue weighted by atomic mass is 32.2. The zero-order chi connectivity index (χ0) is 7.98. The van der Waals surface area contributed by atoms with Crippen molar-refractivity contribution in [1.29, 1.82) is 0 Å². The molecule has 0 fully saturated rings. The molecule has 3 nitrogen and oxygen atoms in total. The lowest BCUT2D eigenvalue weighted by atomic mass is 10.4. The highest BCUT2D eigenvalue weighted by Gasteiger charge is 2.08. The minimum Gasteiger partial charge on any atom is -0.303 e. The predicted molar refractivity (Wildman–Crippen MR) is 38.8 cm³/mol. The SMILES string of the molecule is CC(=O)S[C@H](C=O)CC=O. The van der Waals surface area contributed by atoms with Gasteiger partial charge < -0.3 is 9.59 Å². The molecule has 0 N–H and O–H groups in total. The summed E-state index contributed by atoms with van der Waals surface area (Å²) < 4.78 is 0. The maximum atomic E-state index is 10.4. The van der Waals surface area contributed by atoms with E-state index in [0.29, 0.717) is 12.6 Å². The van der Waals surface area contributed by atoms with Crippen LogP contribution in [0.15, 0.2) is 0 Å². The first-order valence-electron chi connectivity index (χ1n) is 2.77. The van der Waals surface area contributed by atoms with Gasteiger partial charge in [0.25, 0.3) is 0 Å². The van der Waals surface area contributed by atoms with Crippen molar-refractivity contribution in [2.24, 2.45) is 0 Å². The summed E-state index contributed by atoms with van der Waals surface area (Å²) >= 11 is 0.886. The van der Waals surface area contributed by atoms with Gasteiger partial charge in [-0.15, -0.1) is 0 Å². The van der Waals surface area contributed by atoms with Crippen LogP contribution in [-0.4, -0.2) is 22.9 Å². The van der Waals surface area contributed by atoms with Crippen molar-refractivity contribution in [3.63, 3.8) is 0 Å². The Hall–Kier alpha value is -0.640. The number of rotatable bonds is 4. The Balaban J connectivity index is 3.70. The fraction of sp³-hybridized carbons (Fsp3) is 0.500. The Morgan fingerprint density at radius 1 is 1.60 bits per heavy atom. The summed E-state index contributed by atoms with van der Waals surface area (Å²) in [6.07, 6.45) is 1.36. The molecule has 0 bridgehead atoms. The third-order valence-corrected chi connectivity index (χ3v) is 1.74. The lowest BCUT2D eigenvalue weighted by Gasteiger charge is -1.99. The molecule has 1 atom stereocenters. The molecule has 0 radical (unpaired) electrons. The first kappa shape index (κ1) is 9.36. The zero-order valence-corrected chi connectivity index (χ0v) is 6.39. The van der Waals surface area contributed by atoms with Gasteiger partial charge in [0.2, 0.25) is 0 Å². The van der Waals surface area contributed by atoms with Gasteiger partial charge in [-0.3, -0.25) is 4.79 Å². The minimum atomic E-state index is -0.491. The lowest BCUT2D eigenvalue weighted by molar-refractivity contribution is -0.112. The average molecular weight is 160 g/mol. The molecule has 0 aromatic heterocycles. The molecule has 0 aromatic carbocycles. The predicted octanol–water partition coefficient (Wildman–Crippen LogP) is 0.423. The van der Waals surface area contributed by atoms with E-state index in [9.17, 15) is 14.4 Å². The first-order valence-corrected chi connectivity index (χ1v) is 3.64. The second kappa shape index (κ2) is 5.17. The van der Waals surface area contributed by atoms with Crippen LogP contribution in [0.2, 0.25) is 0 Å². The van der Waals surface area contributed by atoms with Crippen LogP contribution in [-0.2, 0) is 14.4 Å². The minimum absolute atomic E-state index is 0.119. The molecule has 0 heterocycles. The largest absolute Gasteiger partial charge is 0.303 e. The topological polar surface area (TPSA) is 51.2 Å². The van der Waals surface area contributed by atoms with Crippen molar-refractivity contribution in [3.8, 4) is 0 Å². The van der Waals surface area contributed by atoms with E-state index >= 15 is 0 Å². The van der Waals surface area contributed by atoms with Gasteiger partial charge >= 0.3 is 0 Å². The molecule has 10 heavy (non-hydrogen) atoms. The Morgan fingerprint density at radius 2 is 2.20 bits per heavy atom. The van der Waals surface area contributed by atoms with Gasteiger partial charge in [0, 0.05) is 13.3 Å². The summed E-state index contributed by atoms with van der Waals surface area (Å²) in [6, 6.07) is 0. The first-order chi connectivity index (χ1) is 4.70. The molecular weight excluding hydrogens is 152 g/mol. The van der Waals surface area contributed by atoms with Gasteiger partial charge in [0.05, 0.1) is 5.25 Å². The van der Waals surface area contributed by atoms with Crippen LogP contribution in [0.25, 0.3) is 0 Å². The highest BCUT2D eigenvalue weighted by Crippen LogP contribution is 2.11. The number of hydrogen-bond donors (Lipinski definition) is 0. The second-order valence-electron chi connectivity index (χ2n) is 1.69. The van der Waals surface area contributed by atoms with E-state index in [1.165, 1.54) is 6.92 Å². The number of aldehydes is 2. The molecule has 0 saturated carbocycles. The third kappa shape index (κ3) is 4.26. The number of hydrogen-bond acceptors (Lipinski definition) is 4. The number of thioether (sulfide) groups is 1. The quantitative estimate of drug-likeness (QED) is 0.559. The standard InChI is InChI=1S/C6H8O3S/c1-5(9)10-6(4-8)2-3-7/h3-4,6H,2H2,1H3/t6-/m0/s1. The lowest BCUT2D eigenvalue weighted by Crippen LogP contribution is -2.06. The summed E-state index contributed by atoms with van der Waals surface area (Å²) in [5.41, 5.74) is 0. The van der Waals surface area contributed by atoms with E-state index in [1.807, 2.05) is 0 Å². The Morgan fingerprint density at radius 3 is 2.50 bits per heavy atom. The molecule has 0 spiro atoms. The van der Waals surface area contributed by atoms with Crippen LogP contribution in [0.1, 0.15) is 13.3 Å². The van der Waals surface area contributed by atoms with Crippen LogP contribution in [0.5, 0.6) is 0 Å². The molecular formula is C6H8O3S. The normalized spacial score (nSPS) is 12.1. The summed E-state index contributed by atoms with van der Waals surface area (Å²) in [5.74, 6) is 0. The van der Waals surface area contributed by atoms with Crippen LogP contribution >= 0.6 is 11.8 Å². The zero-order valence-electron chi connectivity index (χ0n) is 5.57. The Bertz CT molecular complexity index is 144. The van der Waals surface area contributed by atoms with E-state index < -0.39 is 5.25 Å². The van der Waals surface area contributed by atoms with Crippen LogP contribution in [0, 0.1) is 0 Å². The average Bonchev–Trinajstić information content (AvgIpc) is 1.86. The fourth-order valence-corrected chi connectivity index (χ4v) is 1.10. The van der Waals surface area contributed by atoms with Gasteiger partial charge in [-0.1, -0.05) is 11.8 Å². The molecule has 0 saturated heterocycles. The van der Waals surface area contributed by atoms with E-state index in [-0.39, 0.29) is 11.5 Å². The molecule has 0 aliphatic heterocycles.